The van der Waals surface area contributed by atoms with Gasteiger partial charge in [-0.1, -0.05) is 18.2 Å². The van der Waals surface area contributed by atoms with Crippen molar-refractivity contribution in [2.75, 3.05) is 26.7 Å². The van der Waals surface area contributed by atoms with E-state index in [1.807, 2.05) is 18.0 Å². The number of benzene rings is 1. The molecular formula is C19H20F3N3. The molecule has 0 N–H and O–H groups in total. The van der Waals surface area contributed by atoms with Crippen molar-refractivity contribution in [2.24, 2.45) is 0 Å². The zero-order valence-corrected chi connectivity index (χ0v) is 14.1. The van der Waals surface area contributed by atoms with Crippen LogP contribution >= 0.6 is 0 Å². The molecule has 0 radical (unpaired) electrons. The Morgan fingerprint density at radius 2 is 1.76 bits per heavy atom. The van der Waals surface area contributed by atoms with E-state index in [-0.39, 0.29) is 5.92 Å². The van der Waals surface area contributed by atoms with Gasteiger partial charge in [0.1, 0.15) is 11.8 Å². The number of rotatable bonds is 3. The molecule has 3 rings (SSSR count). The van der Waals surface area contributed by atoms with Crippen LogP contribution in [0.3, 0.4) is 0 Å². The molecule has 6 heteroatoms. The molecule has 0 saturated carbocycles. The van der Waals surface area contributed by atoms with Gasteiger partial charge in [-0.15, -0.1) is 0 Å². The van der Waals surface area contributed by atoms with Crippen LogP contribution in [0.5, 0.6) is 0 Å². The van der Waals surface area contributed by atoms with Crippen molar-refractivity contribution in [1.82, 2.24) is 9.80 Å². The van der Waals surface area contributed by atoms with Crippen molar-refractivity contribution in [3.63, 3.8) is 0 Å². The van der Waals surface area contributed by atoms with Crippen LogP contribution in [0.2, 0.25) is 0 Å². The molecule has 1 fully saturated rings. The van der Waals surface area contributed by atoms with Crippen molar-refractivity contribution in [2.45, 2.75) is 24.9 Å². The summed E-state index contributed by atoms with van der Waals surface area (Å²) < 4.78 is 38.2. The van der Waals surface area contributed by atoms with E-state index in [4.69, 9.17) is 0 Å². The lowest BCUT2D eigenvalue weighted by molar-refractivity contribution is -0.137. The van der Waals surface area contributed by atoms with E-state index in [0.29, 0.717) is 5.70 Å². The highest BCUT2D eigenvalue weighted by molar-refractivity contribution is 5.41. The SMILES string of the molecule is CN1C(C#N)=CC(c2ccc(C(F)(F)F)cc2)C=C1CN1CCCC1. The smallest absolute Gasteiger partial charge is 0.339 e. The van der Waals surface area contributed by atoms with Crippen LogP contribution in [0.15, 0.2) is 47.8 Å². The van der Waals surface area contributed by atoms with Crippen LogP contribution < -0.4 is 0 Å². The number of nitrogens with zero attached hydrogens (tertiary/aromatic N) is 3. The molecule has 0 amide bonds. The zero-order valence-electron chi connectivity index (χ0n) is 14.1. The highest BCUT2D eigenvalue weighted by Gasteiger charge is 2.30. The summed E-state index contributed by atoms with van der Waals surface area (Å²) in [5.41, 5.74) is 1.65. The molecule has 25 heavy (non-hydrogen) atoms. The number of likely N-dealkylation sites (N-methyl/N-ethyl adjacent to an activating group) is 1. The van der Waals surface area contributed by atoms with Gasteiger partial charge in [0.2, 0.25) is 0 Å². The van der Waals surface area contributed by atoms with Crippen molar-refractivity contribution in [3.8, 4) is 6.07 Å². The monoisotopic (exact) mass is 347 g/mol. The number of likely N-dealkylation sites (tertiary alicyclic amines) is 1. The molecule has 0 bridgehead atoms. The molecular weight excluding hydrogens is 327 g/mol. The Morgan fingerprint density at radius 1 is 1.12 bits per heavy atom. The molecule has 0 aromatic heterocycles. The first-order valence-corrected chi connectivity index (χ1v) is 8.34. The molecule has 2 heterocycles. The van der Waals surface area contributed by atoms with E-state index in [1.165, 1.54) is 25.0 Å². The van der Waals surface area contributed by atoms with Crippen molar-refractivity contribution >= 4 is 0 Å². The highest BCUT2D eigenvalue weighted by Crippen LogP contribution is 2.33. The predicted octanol–water partition coefficient (Wildman–Crippen LogP) is 4.12. The summed E-state index contributed by atoms with van der Waals surface area (Å²) in [4.78, 5) is 4.21. The van der Waals surface area contributed by atoms with Crippen LogP contribution in [0.4, 0.5) is 13.2 Å². The molecule has 1 atom stereocenters. The Bertz CT molecular complexity index is 720. The van der Waals surface area contributed by atoms with Crippen LogP contribution in [0.1, 0.15) is 29.9 Å². The molecule has 1 unspecified atom stereocenters. The molecule has 2 aliphatic heterocycles. The molecule has 1 aromatic carbocycles. The predicted molar refractivity (Wildman–Crippen MR) is 89.4 cm³/mol. The summed E-state index contributed by atoms with van der Waals surface area (Å²) in [7, 11) is 1.86. The van der Waals surface area contributed by atoms with Crippen molar-refractivity contribution in [1.29, 1.82) is 5.26 Å². The summed E-state index contributed by atoms with van der Waals surface area (Å²) in [5, 5.41) is 9.41. The minimum Gasteiger partial charge on any atom is -0.339 e. The Morgan fingerprint density at radius 3 is 2.32 bits per heavy atom. The Hall–Kier alpha value is -2.26. The van der Waals surface area contributed by atoms with Gasteiger partial charge in [0.15, 0.2) is 0 Å². The van der Waals surface area contributed by atoms with E-state index >= 15 is 0 Å². The van der Waals surface area contributed by atoms with Gasteiger partial charge >= 0.3 is 6.18 Å². The maximum absolute atomic E-state index is 12.7. The second-order valence-corrected chi connectivity index (χ2v) is 6.51. The quantitative estimate of drug-likeness (QED) is 0.824. The summed E-state index contributed by atoms with van der Waals surface area (Å²) in [6.45, 7) is 2.84. The summed E-state index contributed by atoms with van der Waals surface area (Å²) in [5.74, 6) is -0.189. The normalized spacial score (nSPS) is 21.7. The van der Waals surface area contributed by atoms with E-state index in [9.17, 15) is 18.4 Å². The summed E-state index contributed by atoms with van der Waals surface area (Å²) in [6, 6.07) is 7.38. The van der Waals surface area contributed by atoms with Crippen LogP contribution in [0.25, 0.3) is 0 Å². The third kappa shape index (κ3) is 3.88. The molecule has 3 nitrogen and oxygen atoms in total. The summed E-state index contributed by atoms with van der Waals surface area (Å²) >= 11 is 0. The average molecular weight is 347 g/mol. The minimum absolute atomic E-state index is 0.189. The summed E-state index contributed by atoms with van der Waals surface area (Å²) in [6.07, 6.45) is 1.87. The molecule has 0 aliphatic carbocycles. The van der Waals surface area contributed by atoms with E-state index in [2.05, 4.69) is 11.0 Å². The van der Waals surface area contributed by atoms with Gasteiger partial charge in [-0.05, 0) is 49.7 Å². The lowest BCUT2D eigenvalue weighted by Crippen LogP contribution is -2.31. The maximum Gasteiger partial charge on any atom is 0.416 e. The highest BCUT2D eigenvalue weighted by atomic mass is 19.4. The Labute approximate surface area is 145 Å². The van der Waals surface area contributed by atoms with Gasteiger partial charge in [0, 0.05) is 25.2 Å². The van der Waals surface area contributed by atoms with E-state index in [1.54, 1.807) is 6.08 Å². The first-order valence-electron chi connectivity index (χ1n) is 8.34. The van der Waals surface area contributed by atoms with Gasteiger partial charge < -0.3 is 4.90 Å². The van der Waals surface area contributed by atoms with Crippen molar-refractivity contribution < 1.29 is 13.2 Å². The standard InChI is InChI=1S/C19H20F3N3/c1-24-17(12-23)10-15(11-18(24)13-25-8-2-3-9-25)14-4-6-16(7-5-14)19(20,21)22/h4-7,10-11,15H,2-3,8-9,13H2,1H3. The number of alkyl halides is 3. The molecule has 2 aliphatic rings. The Kier molecular flexibility index (Phi) is 4.87. The van der Waals surface area contributed by atoms with Crippen LogP contribution in [-0.4, -0.2) is 36.5 Å². The van der Waals surface area contributed by atoms with Crippen LogP contribution in [0, 0.1) is 11.3 Å². The fourth-order valence-electron chi connectivity index (χ4n) is 3.33. The second-order valence-electron chi connectivity index (χ2n) is 6.51. The maximum atomic E-state index is 12.7. The third-order valence-electron chi connectivity index (χ3n) is 4.82. The number of halogens is 3. The lowest BCUT2D eigenvalue weighted by atomic mass is 9.93. The second kappa shape index (κ2) is 6.93. The number of allylic oxidation sites excluding steroid dienone is 3. The fraction of sp³-hybridized carbons (Fsp3) is 0.421. The Balaban J connectivity index is 1.86. The first kappa shape index (κ1) is 17.6. The zero-order chi connectivity index (χ0) is 18.0. The molecule has 0 spiro atoms. The molecule has 132 valence electrons. The lowest BCUT2D eigenvalue weighted by Gasteiger charge is -2.31. The van der Waals surface area contributed by atoms with E-state index < -0.39 is 11.7 Å². The first-order chi connectivity index (χ1) is 11.9. The number of nitriles is 1. The fourth-order valence-corrected chi connectivity index (χ4v) is 3.33. The van der Waals surface area contributed by atoms with Gasteiger partial charge in [-0.2, -0.15) is 18.4 Å². The van der Waals surface area contributed by atoms with Gasteiger partial charge in [-0.3, -0.25) is 4.90 Å². The van der Waals surface area contributed by atoms with Crippen molar-refractivity contribution in [3.05, 3.63) is 58.9 Å². The molecule has 1 aromatic rings. The number of hydrogen-bond donors (Lipinski definition) is 0. The topological polar surface area (TPSA) is 30.3 Å². The minimum atomic E-state index is -4.34. The van der Waals surface area contributed by atoms with Gasteiger partial charge in [-0.25, -0.2) is 0 Å². The third-order valence-corrected chi connectivity index (χ3v) is 4.82. The van der Waals surface area contributed by atoms with Gasteiger partial charge in [0.05, 0.1) is 5.56 Å². The van der Waals surface area contributed by atoms with Gasteiger partial charge in [0.25, 0.3) is 0 Å². The average Bonchev–Trinajstić information content (AvgIpc) is 3.09. The van der Waals surface area contributed by atoms with Crippen LogP contribution in [-0.2, 0) is 6.18 Å². The number of hydrogen-bond acceptors (Lipinski definition) is 3. The van der Waals surface area contributed by atoms with E-state index in [0.717, 1.165) is 43.0 Å². The largest absolute Gasteiger partial charge is 0.416 e. The molecule has 1 saturated heterocycles.